The fourth-order valence-corrected chi connectivity index (χ4v) is 1.04. The van der Waals surface area contributed by atoms with Crippen molar-refractivity contribution in [2.45, 2.75) is 33.6 Å². The van der Waals surface area contributed by atoms with Crippen molar-refractivity contribution in [2.24, 2.45) is 0 Å². The van der Waals surface area contributed by atoms with Gasteiger partial charge in [-0.25, -0.2) is 0 Å². The Balaban J connectivity index is 3.56. The molecule has 80 valence electrons. The molecule has 0 aromatic carbocycles. The summed E-state index contributed by atoms with van der Waals surface area (Å²) in [4.78, 5) is 0. The molecule has 0 fully saturated rings. The maximum atomic E-state index is 5.27. The lowest BCUT2D eigenvalue weighted by molar-refractivity contribution is 0.193. The molecule has 0 aliphatic heterocycles. The molecule has 0 saturated carbocycles. The van der Waals surface area contributed by atoms with E-state index in [0.29, 0.717) is 13.2 Å². The lowest BCUT2D eigenvalue weighted by atomic mass is 10.1. The number of ether oxygens (including phenoxy) is 1. The molecule has 0 aliphatic carbocycles. The summed E-state index contributed by atoms with van der Waals surface area (Å²) < 4.78 is 5.27. The third-order valence-corrected chi connectivity index (χ3v) is 1.88. The minimum atomic E-state index is 0.637. The molecular formula is C13H22O. The zero-order valence-electron chi connectivity index (χ0n) is 9.68. The van der Waals surface area contributed by atoms with E-state index in [9.17, 15) is 0 Å². The van der Waals surface area contributed by atoms with Crippen LogP contribution in [0.25, 0.3) is 0 Å². The molecule has 0 bridgehead atoms. The van der Waals surface area contributed by atoms with Crippen LogP contribution >= 0.6 is 0 Å². The topological polar surface area (TPSA) is 9.23 Å². The average Bonchev–Trinajstić information content (AvgIpc) is 2.12. The number of hydrogen-bond acceptors (Lipinski definition) is 1. The van der Waals surface area contributed by atoms with E-state index in [4.69, 9.17) is 4.74 Å². The Kier molecular flexibility index (Phi) is 8.25. The molecule has 0 amide bonds. The summed E-state index contributed by atoms with van der Waals surface area (Å²) >= 11 is 0. The molecular weight excluding hydrogens is 172 g/mol. The molecule has 0 spiro atoms. The van der Waals surface area contributed by atoms with Gasteiger partial charge in [-0.05, 0) is 33.6 Å². The van der Waals surface area contributed by atoms with Crippen molar-refractivity contribution in [2.75, 3.05) is 13.2 Å². The second-order valence-electron chi connectivity index (χ2n) is 3.70. The summed E-state index contributed by atoms with van der Waals surface area (Å²) in [6, 6.07) is 0. The zero-order valence-corrected chi connectivity index (χ0v) is 9.68. The second-order valence-corrected chi connectivity index (χ2v) is 3.70. The van der Waals surface area contributed by atoms with Crippen molar-refractivity contribution in [3.8, 4) is 0 Å². The summed E-state index contributed by atoms with van der Waals surface area (Å²) in [6.07, 6.45) is 8.44. The predicted molar refractivity (Wildman–Crippen MR) is 63.4 cm³/mol. The summed E-state index contributed by atoms with van der Waals surface area (Å²) in [5.41, 5.74) is 2.78. The minimum absolute atomic E-state index is 0.637. The SMILES string of the molecule is C=CCOC/C=C(/C)CCC=C(C)C. The van der Waals surface area contributed by atoms with Crippen LogP contribution in [0, 0.1) is 0 Å². The molecule has 0 unspecified atom stereocenters. The first-order valence-corrected chi connectivity index (χ1v) is 5.14. The van der Waals surface area contributed by atoms with Crippen LogP contribution < -0.4 is 0 Å². The van der Waals surface area contributed by atoms with Gasteiger partial charge < -0.3 is 4.74 Å². The summed E-state index contributed by atoms with van der Waals surface area (Å²) in [7, 11) is 0. The first kappa shape index (κ1) is 13.2. The van der Waals surface area contributed by atoms with E-state index in [1.807, 2.05) is 0 Å². The quantitative estimate of drug-likeness (QED) is 0.441. The number of allylic oxidation sites excluding steroid dienone is 3. The van der Waals surface area contributed by atoms with Crippen LogP contribution in [-0.2, 0) is 4.74 Å². The fraction of sp³-hybridized carbons (Fsp3) is 0.538. The van der Waals surface area contributed by atoms with Crippen molar-refractivity contribution in [1.82, 2.24) is 0 Å². The third-order valence-electron chi connectivity index (χ3n) is 1.88. The molecule has 0 atom stereocenters. The van der Waals surface area contributed by atoms with Crippen molar-refractivity contribution >= 4 is 0 Å². The van der Waals surface area contributed by atoms with Gasteiger partial charge in [0, 0.05) is 0 Å². The van der Waals surface area contributed by atoms with Gasteiger partial charge in [0.15, 0.2) is 0 Å². The van der Waals surface area contributed by atoms with E-state index in [1.165, 1.54) is 11.1 Å². The lowest BCUT2D eigenvalue weighted by Gasteiger charge is -1.99. The molecule has 1 nitrogen and oxygen atoms in total. The predicted octanol–water partition coefficient (Wildman–Crippen LogP) is 3.88. The van der Waals surface area contributed by atoms with Crippen molar-refractivity contribution in [1.29, 1.82) is 0 Å². The smallest absolute Gasteiger partial charge is 0.0654 e. The molecule has 14 heavy (non-hydrogen) atoms. The largest absolute Gasteiger partial charge is 0.373 e. The minimum Gasteiger partial charge on any atom is -0.373 e. The van der Waals surface area contributed by atoms with Crippen molar-refractivity contribution in [3.05, 3.63) is 36.0 Å². The molecule has 0 aromatic rings. The molecule has 0 aromatic heterocycles. The van der Waals surface area contributed by atoms with Crippen LogP contribution in [0.5, 0.6) is 0 Å². The van der Waals surface area contributed by atoms with Gasteiger partial charge in [-0.2, -0.15) is 0 Å². The van der Waals surface area contributed by atoms with Gasteiger partial charge in [-0.3, -0.25) is 0 Å². The zero-order chi connectivity index (χ0) is 10.8. The Morgan fingerprint density at radius 1 is 1.14 bits per heavy atom. The van der Waals surface area contributed by atoms with E-state index in [0.717, 1.165) is 12.8 Å². The van der Waals surface area contributed by atoms with Crippen LogP contribution in [0.15, 0.2) is 36.0 Å². The van der Waals surface area contributed by atoms with Gasteiger partial charge in [0.2, 0.25) is 0 Å². The van der Waals surface area contributed by atoms with E-state index < -0.39 is 0 Å². The van der Waals surface area contributed by atoms with E-state index >= 15 is 0 Å². The highest BCUT2D eigenvalue weighted by molar-refractivity contribution is 5.02. The molecule has 0 heterocycles. The molecule has 1 heteroatoms. The lowest BCUT2D eigenvalue weighted by Crippen LogP contribution is -1.91. The Hall–Kier alpha value is -0.820. The number of hydrogen-bond donors (Lipinski definition) is 0. The standard InChI is InChI=1S/C13H22O/c1-5-10-14-11-9-13(4)8-6-7-12(2)3/h5,7,9H,1,6,8,10-11H2,2-4H3/b13-9-. The van der Waals surface area contributed by atoms with E-state index in [-0.39, 0.29) is 0 Å². The van der Waals surface area contributed by atoms with Crippen LogP contribution in [-0.4, -0.2) is 13.2 Å². The normalized spacial score (nSPS) is 11.2. The molecule has 0 radical (unpaired) electrons. The van der Waals surface area contributed by atoms with E-state index in [1.54, 1.807) is 6.08 Å². The van der Waals surface area contributed by atoms with Crippen LogP contribution in [0.4, 0.5) is 0 Å². The molecule has 0 rings (SSSR count). The van der Waals surface area contributed by atoms with Crippen LogP contribution in [0.2, 0.25) is 0 Å². The third kappa shape index (κ3) is 9.27. The Labute approximate surface area is 88.2 Å². The van der Waals surface area contributed by atoms with Gasteiger partial charge in [-0.1, -0.05) is 29.4 Å². The first-order chi connectivity index (χ1) is 6.66. The molecule has 0 saturated heterocycles. The number of rotatable bonds is 7. The first-order valence-electron chi connectivity index (χ1n) is 5.14. The summed E-state index contributed by atoms with van der Waals surface area (Å²) in [5, 5.41) is 0. The highest BCUT2D eigenvalue weighted by atomic mass is 16.5. The second kappa shape index (κ2) is 8.76. The highest BCUT2D eigenvalue weighted by Crippen LogP contribution is 2.06. The van der Waals surface area contributed by atoms with Gasteiger partial charge in [-0.15, -0.1) is 6.58 Å². The maximum absolute atomic E-state index is 5.27. The van der Waals surface area contributed by atoms with Crippen LogP contribution in [0.1, 0.15) is 33.6 Å². The summed E-state index contributed by atoms with van der Waals surface area (Å²) in [5.74, 6) is 0. The molecule has 0 aliphatic rings. The molecule has 0 N–H and O–H groups in total. The van der Waals surface area contributed by atoms with Gasteiger partial charge >= 0.3 is 0 Å². The Bertz CT molecular complexity index is 207. The Morgan fingerprint density at radius 3 is 2.43 bits per heavy atom. The van der Waals surface area contributed by atoms with Gasteiger partial charge in [0.05, 0.1) is 13.2 Å². The fourth-order valence-electron chi connectivity index (χ4n) is 1.04. The van der Waals surface area contributed by atoms with Crippen molar-refractivity contribution < 1.29 is 4.74 Å². The van der Waals surface area contributed by atoms with E-state index in [2.05, 4.69) is 39.5 Å². The highest BCUT2D eigenvalue weighted by Gasteiger charge is 1.88. The average molecular weight is 194 g/mol. The van der Waals surface area contributed by atoms with Gasteiger partial charge in [0.1, 0.15) is 0 Å². The monoisotopic (exact) mass is 194 g/mol. The van der Waals surface area contributed by atoms with Crippen LogP contribution in [0.3, 0.4) is 0 Å². The summed E-state index contributed by atoms with van der Waals surface area (Å²) in [6.45, 7) is 11.3. The van der Waals surface area contributed by atoms with Gasteiger partial charge in [0.25, 0.3) is 0 Å². The Morgan fingerprint density at radius 2 is 1.86 bits per heavy atom. The maximum Gasteiger partial charge on any atom is 0.0654 e. The van der Waals surface area contributed by atoms with Crippen molar-refractivity contribution in [3.63, 3.8) is 0 Å².